The van der Waals surface area contributed by atoms with E-state index in [9.17, 15) is 0 Å². The van der Waals surface area contributed by atoms with Crippen LogP contribution in [0.4, 0.5) is 5.69 Å². The second-order valence-electron chi connectivity index (χ2n) is 4.88. The molecule has 1 aliphatic rings. The number of aryl methyl sites for hydroxylation is 3. The van der Waals surface area contributed by atoms with Gasteiger partial charge < -0.3 is 0 Å². The third-order valence-corrected chi connectivity index (χ3v) is 3.03. The third kappa shape index (κ3) is 6.05. The molecule has 22 heavy (non-hydrogen) atoms. The van der Waals surface area contributed by atoms with Crippen molar-refractivity contribution < 1.29 is 13.1 Å². The van der Waals surface area contributed by atoms with Gasteiger partial charge in [-0.3, -0.25) is 15.0 Å². The molecule has 2 rings (SSSR count). The summed E-state index contributed by atoms with van der Waals surface area (Å²) in [4.78, 5) is 13.0. The molecule has 1 heterocycles. The molecule has 0 amide bonds. The Labute approximate surface area is 146 Å². The van der Waals surface area contributed by atoms with E-state index in [1.807, 2.05) is 6.21 Å². The van der Waals surface area contributed by atoms with E-state index >= 15 is 0 Å². The fraction of sp³-hybridized carbons (Fsp3) is 0.312. The average Bonchev–Trinajstić information content (AvgIpc) is 2.86. The molecule has 0 fully saturated rings. The molecule has 0 saturated heterocycles. The number of hydrogen-bond donors (Lipinski definition) is 0. The van der Waals surface area contributed by atoms with E-state index in [0.29, 0.717) is 0 Å². The molecule has 3 nitrogen and oxygen atoms in total. The van der Waals surface area contributed by atoms with Crippen LogP contribution in [-0.4, -0.2) is 25.2 Å². The van der Waals surface area contributed by atoms with Crippen molar-refractivity contribution >= 4 is 44.0 Å². The summed E-state index contributed by atoms with van der Waals surface area (Å²) in [7, 11) is 11.3. The van der Waals surface area contributed by atoms with Crippen LogP contribution in [0, 0.1) is 20.8 Å². The quantitative estimate of drug-likeness (QED) is 0.516. The maximum atomic E-state index is 4.76. The van der Waals surface area contributed by atoms with E-state index in [1.54, 1.807) is 13.3 Å². The summed E-state index contributed by atoms with van der Waals surface area (Å²) >= 11 is 0.194. The normalized spacial score (nSPS) is 14.3. The van der Waals surface area contributed by atoms with E-state index in [2.05, 4.69) is 54.0 Å². The van der Waals surface area contributed by atoms with Crippen molar-refractivity contribution in [2.75, 3.05) is 7.05 Å². The zero-order chi connectivity index (χ0) is 16.5. The number of rotatable bonds is 3. The summed E-state index contributed by atoms with van der Waals surface area (Å²) in [6.07, 6.45) is 6.53. The van der Waals surface area contributed by atoms with Crippen LogP contribution in [0.1, 0.15) is 23.1 Å². The van der Waals surface area contributed by atoms with Crippen molar-refractivity contribution in [1.82, 2.24) is 0 Å². The van der Waals surface area contributed by atoms with Gasteiger partial charge in [0, 0.05) is 19.7 Å². The van der Waals surface area contributed by atoms with E-state index < -0.39 is 0 Å². The van der Waals surface area contributed by atoms with Crippen molar-refractivity contribution in [3.63, 3.8) is 0 Å². The molecule has 0 radical (unpaired) electrons. The molecule has 1 aromatic carbocycles. The standard InChI is InChI=1S/C16H19N3.2ClH.Fe/c1-11-7-12(2)16(13(3)8-11)18-10-15-6-5-14(19-15)9-17-4;;;/h6-10H,5H2,1-4H3;2*1H;/q;;;+2/p-2. The second-order valence-corrected chi connectivity index (χ2v) is 6.70. The second kappa shape index (κ2) is 9.96. The number of aliphatic imine (C=N–C) groups is 3. The number of nitrogens with zero attached hydrogens (tertiary/aromatic N) is 3. The summed E-state index contributed by atoms with van der Waals surface area (Å²) in [6, 6.07) is 4.31. The Morgan fingerprint density at radius 1 is 1.14 bits per heavy atom. The molecule has 0 aromatic heterocycles. The number of benzene rings is 1. The van der Waals surface area contributed by atoms with Crippen molar-refractivity contribution in [2.45, 2.75) is 27.2 Å². The molecular formula is C16H19Cl2FeN3. The Morgan fingerprint density at radius 3 is 2.27 bits per heavy atom. The Kier molecular flexibility index (Phi) is 8.65. The van der Waals surface area contributed by atoms with Crippen LogP contribution in [0.25, 0.3) is 0 Å². The van der Waals surface area contributed by atoms with Crippen LogP contribution in [0.15, 0.2) is 38.9 Å². The molecule has 0 aliphatic carbocycles. The van der Waals surface area contributed by atoms with Crippen molar-refractivity contribution in [3.8, 4) is 0 Å². The first-order valence-electron chi connectivity index (χ1n) is 6.68. The monoisotopic (exact) mass is 379 g/mol. The SMILES string of the molecule is CN=CC1=NC(C=Nc2c(C)cc(C)cc2C)=CC1.[Cl][Fe][Cl]. The predicted molar refractivity (Wildman–Crippen MR) is 95.1 cm³/mol. The van der Waals surface area contributed by atoms with Gasteiger partial charge in [0.25, 0.3) is 0 Å². The Balaban J connectivity index is 0.000000745. The molecule has 0 unspecified atom stereocenters. The van der Waals surface area contributed by atoms with E-state index in [0.717, 1.165) is 23.5 Å². The van der Waals surface area contributed by atoms with Crippen molar-refractivity contribution in [3.05, 3.63) is 40.6 Å². The molecule has 1 aromatic rings. The van der Waals surface area contributed by atoms with Crippen molar-refractivity contribution in [2.24, 2.45) is 15.0 Å². The number of halogens is 2. The van der Waals surface area contributed by atoms with Crippen molar-refractivity contribution in [1.29, 1.82) is 0 Å². The average molecular weight is 380 g/mol. The summed E-state index contributed by atoms with van der Waals surface area (Å²) < 4.78 is 0. The first kappa shape index (κ1) is 19.1. The number of allylic oxidation sites excluding steroid dienone is 2. The van der Waals surface area contributed by atoms with Gasteiger partial charge in [-0.25, -0.2) is 0 Å². The minimum atomic E-state index is 0.194. The first-order chi connectivity index (χ1) is 10.5. The first-order valence-corrected chi connectivity index (χ1v) is 9.72. The van der Waals surface area contributed by atoms with E-state index in [-0.39, 0.29) is 13.1 Å². The summed E-state index contributed by atoms with van der Waals surface area (Å²) in [6.45, 7) is 6.29. The topological polar surface area (TPSA) is 37.1 Å². The summed E-state index contributed by atoms with van der Waals surface area (Å²) in [5.41, 5.74) is 6.61. The molecule has 0 atom stereocenters. The van der Waals surface area contributed by atoms with Gasteiger partial charge in [-0.1, -0.05) is 23.8 Å². The third-order valence-electron chi connectivity index (χ3n) is 3.03. The molecule has 1 aliphatic heterocycles. The van der Waals surface area contributed by atoms with E-state index in [4.69, 9.17) is 20.2 Å². The molecule has 0 spiro atoms. The summed E-state index contributed by atoms with van der Waals surface area (Å²) in [5, 5.41) is 0. The Bertz CT molecular complexity index is 611. The molecular weight excluding hydrogens is 361 g/mol. The fourth-order valence-corrected chi connectivity index (χ4v) is 2.29. The van der Waals surface area contributed by atoms with Gasteiger partial charge in [0.2, 0.25) is 0 Å². The van der Waals surface area contributed by atoms with Crippen LogP contribution in [0.2, 0.25) is 0 Å². The number of hydrogen-bond acceptors (Lipinski definition) is 3. The van der Waals surface area contributed by atoms with E-state index in [1.165, 1.54) is 16.7 Å². The van der Waals surface area contributed by atoms with Gasteiger partial charge in [0.1, 0.15) is 0 Å². The van der Waals surface area contributed by atoms with Crippen LogP contribution < -0.4 is 0 Å². The van der Waals surface area contributed by atoms with Gasteiger partial charge in [-0.05, 0) is 31.9 Å². The van der Waals surface area contributed by atoms with Crippen LogP contribution >= 0.6 is 20.2 Å². The Morgan fingerprint density at radius 2 is 1.73 bits per heavy atom. The molecule has 0 saturated carbocycles. The predicted octanol–water partition coefficient (Wildman–Crippen LogP) is 5.12. The molecule has 120 valence electrons. The molecule has 6 heteroatoms. The molecule has 0 bridgehead atoms. The van der Waals surface area contributed by atoms with Gasteiger partial charge in [-0.15, -0.1) is 0 Å². The zero-order valence-electron chi connectivity index (χ0n) is 13.0. The fourth-order valence-electron chi connectivity index (χ4n) is 2.29. The van der Waals surface area contributed by atoms with Crippen LogP contribution in [-0.2, 0) is 13.1 Å². The van der Waals surface area contributed by atoms with Gasteiger partial charge in [0.15, 0.2) is 0 Å². The van der Waals surface area contributed by atoms with Crippen LogP contribution in [0.5, 0.6) is 0 Å². The van der Waals surface area contributed by atoms with Gasteiger partial charge in [-0.2, -0.15) is 0 Å². The minimum absolute atomic E-state index is 0.194. The zero-order valence-corrected chi connectivity index (χ0v) is 15.7. The van der Waals surface area contributed by atoms with Gasteiger partial charge >= 0.3 is 33.3 Å². The van der Waals surface area contributed by atoms with Crippen LogP contribution in [0.3, 0.4) is 0 Å². The maximum absolute atomic E-state index is 4.76. The summed E-state index contributed by atoms with van der Waals surface area (Å²) in [5.74, 6) is 0. The molecule has 0 N–H and O–H groups in total. The Hall–Kier alpha value is -0.931. The van der Waals surface area contributed by atoms with Gasteiger partial charge in [0.05, 0.1) is 23.3 Å².